The Bertz CT molecular complexity index is 1490. The van der Waals surface area contributed by atoms with Crippen LogP contribution in [0.5, 0.6) is 5.75 Å². The summed E-state index contributed by atoms with van der Waals surface area (Å²) in [7, 11) is 0. The Balaban J connectivity index is 1.37. The topological polar surface area (TPSA) is 116 Å². The number of alkyl halides is 3. The van der Waals surface area contributed by atoms with Gasteiger partial charge < -0.3 is 24.4 Å². The molecule has 0 spiro atoms. The number of nitrogens with zero attached hydrogens (tertiary/aromatic N) is 4. The number of hydrogen-bond donors (Lipinski definition) is 1. The molecule has 236 valence electrons. The summed E-state index contributed by atoms with van der Waals surface area (Å²) in [6.45, 7) is 10.7. The van der Waals surface area contributed by atoms with E-state index in [1.165, 1.54) is 11.3 Å². The first kappa shape index (κ1) is 31.6. The first-order valence-electron chi connectivity index (χ1n) is 14.2. The van der Waals surface area contributed by atoms with Gasteiger partial charge in [0.15, 0.2) is 0 Å². The number of likely N-dealkylation sites (tertiary alicyclic amines) is 1. The number of aryl methyl sites for hydroxylation is 1. The summed E-state index contributed by atoms with van der Waals surface area (Å²) in [5, 5.41) is 3.51. The number of amides is 2. The summed E-state index contributed by atoms with van der Waals surface area (Å²) in [5.41, 5.74) is 0.680. The molecule has 2 fully saturated rings. The maximum absolute atomic E-state index is 13.4. The van der Waals surface area contributed by atoms with Crippen molar-refractivity contribution < 1.29 is 37.0 Å². The summed E-state index contributed by atoms with van der Waals surface area (Å²) in [4.78, 5) is 40.2. The zero-order valence-corrected chi connectivity index (χ0v) is 25.8. The highest BCUT2D eigenvalue weighted by Gasteiger charge is 2.44. The van der Waals surface area contributed by atoms with E-state index < -0.39 is 29.6 Å². The molecule has 10 nitrogen and oxygen atoms in total. The minimum atomic E-state index is -4.66. The second-order valence-electron chi connectivity index (χ2n) is 12.1. The minimum Gasteiger partial charge on any atom is -0.489 e. The van der Waals surface area contributed by atoms with Crippen LogP contribution in [0.2, 0.25) is 0 Å². The third-order valence-electron chi connectivity index (χ3n) is 7.24. The van der Waals surface area contributed by atoms with Gasteiger partial charge in [0.05, 0.1) is 19.3 Å². The van der Waals surface area contributed by atoms with Crippen molar-refractivity contribution in [3.63, 3.8) is 0 Å². The number of rotatable bonds is 6. The molecule has 1 aromatic carbocycles. The lowest BCUT2D eigenvalue weighted by atomic mass is 9.84. The summed E-state index contributed by atoms with van der Waals surface area (Å²) in [5.74, 6) is -1.48. The monoisotopic (exact) mass is 633 g/mol. The molecule has 2 aliphatic heterocycles. The van der Waals surface area contributed by atoms with Crippen LogP contribution >= 0.6 is 11.3 Å². The number of thiazole rings is 1. The molecule has 0 aliphatic carbocycles. The third kappa shape index (κ3) is 7.46. The maximum atomic E-state index is 13.4. The van der Waals surface area contributed by atoms with Gasteiger partial charge in [-0.2, -0.15) is 13.2 Å². The molecule has 2 saturated heterocycles. The maximum Gasteiger partial charge on any atom is 0.451 e. The first-order chi connectivity index (χ1) is 20.7. The van der Waals surface area contributed by atoms with Crippen LogP contribution in [-0.2, 0) is 15.7 Å². The van der Waals surface area contributed by atoms with Crippen molar-refractivity contribution in [3.05, 3.63) is 58.6 Å². The fourth-order valence-corrected chi connectivity index (χ4v) is 5.96. The normalized spacial score (nSPS) is 21.0. The van der Waals surface area contributed by atoms with Crippen molar-refractivity contribution in [1.29, 1.82) is 0 Å². The molecule has 2 amide bonds. The summed E-state index contributed by atoms with van der Waals surface area (Å²) < 4.78 is 56.6. The highest BCUT2D eigenvalue weighted by atomic mass is 32.1. The van der Waals surface area contributed by atoms with Crippen molar-refractivity contribution in [1.82, 2.24) is 25.2 Å². The standard InChI is InChI=1S/C30H34F3N5O5S/c1-16-9-34-26(44-16)19-6-18(25(39)37-17(2)20-10-35-27(36-11-20)30(31,32)33)7-23(8-19)42-24-21-12-38(13-22(24)15-41-14-21)28(40)43-29(3,4)5/h6-11,17,21-22,24H,12-15H2,1-5H3,(H,37,39)/t17-,21?,22?,24?/m1/s1. The Morgan fingerprint density at radius 3 is 2.27 bits per heavy atom. The number of nitrogens with one attached hydrogen (secondary N) is 1. The lowest BCUT2D eigenvalue weighted by molar-refractivity contribution is -0.145. The molecule has 3 aromatic rings. The Labute approximate surface area is 257 Å². The molecule has 2 unspecified atom stereocenters. The quantitative estimate of drug-likeness (QED) is 0.369. The lowest BCUT2D eigenvalue weighted by Crippen LogP contribution is -2.59. The zero-order valence-electron chi connectivity index (χ0n) is 25.0. The average Bonchev–Trinajstić information content (AvgIpc) is 3.37. The number of ether oxygens (including phenoxy) is 3. The average molecular weight is 634 g/mol. The first-order valence-corrected chi connectivity index (χ1v) is 15.0. The van der Waals surface area contributed by atoms with E-state index in [1.54, 1.807) is 30.2 Å². The van der Waals surface area contributed by atoms with Crippen LogP contribution < -0.4 is 10.1 Å². The van der Waals surface area contributed by atoms with Crippen molar-refractivity contribution in [3.8, 4) is 16.3 Å². The fraction of sp³-hybridized carbons (Fsp3) is 0.500. The smallest absolute Gasteiger partial charge is 0.451 e. The van der Waals surface area contributed by atoms with E-state index in [0.717, 1.165) is 17.3 Å². The molecule has 44 heavy (non-hydrogen) atoms. The van der Waals surface area contributed by atoms with E-state index in [9.17, 15) is 22.8 Å². The van der Waals surface area contributed by atoms with Crippen molar-refractivity contribution in [2.45, 2.75) is 58.5 Å². The Morgan fingerprint density at radius 2 is 1.70 bits per heavy atom. The molecule has 1 N–H and O–H groups in total. The number of carbonyl (C=O) groups excluding carboxylic acids is 2. The second-order valence-corrected chi connectivity index (χ2v) is 13.3. The molecular weight excluding hydrogens is 599 g/mol. The van der Waals surface area contributed by atoms with Gasteiger partial charge in [0.2, 0.25) is 5.82 Å². The van der Waals surface area contributed by atoms with Gasteiger partial charge in [0.25, 0.3) is 5.91 Å². The number of piperidine rings is 1. The predicted octanol–water partition coefficient (Wildman–Crippen LogP) is 5.68. The highest BCUT2D eigenvalue weighted by Crippen LogP contribution is 2.35. The van der Waals surface area contributed by atoms with E-state index in [0.29, 0.717) is 48.2 Å². The van der Waals surface area contributed by atoms with E-state index >= 15 is 0 Å². The van der Waals surface area contributed by atoms with Gasteiger partial charge in [0, 0.05) is 65.1 Å². The molecular formula is C30H34F3N5O5S. The van der Waals surface area contributed by atoms with E-state index in [1.807, 2.05) is 33.8 Å². The predicted molar refractivity (Wildman–Crippen MR) is 155 cm³/mol. The number of hydrogen-bond acceptors (Lipinski definition) is 9. The van der Waals surface area contributed by atoms with Gasteiger partial charge >= 0.3 is 12.3 Å². The van der Waals surface area contributed by atoms with E-state index in [2.05, 4.69) is 20.3 Å². The molecule has 2 aromatic heterocycles. The van der Waals surface area contributed by atoms with Gasteiger partial charge in [-0.15, -0.1) is 11.3 Å². The number of aromatic nitrogens is 3. The van der Waals surface area contributed by atoms with Crippen LogP contribution in [0.4, 0.5) is 18.0 Å². The zero-order chi connectivity index (χ0) is 31.8. The number of benzene rings is 1. The van der Waals surface area contributed by atoms with Gasteiger partial charge in [-0.05, 0) is 52.8 Å². The summed E-state index contributed by atoms with van der Waals surface area (Å²) in [6.07, 6.45) is -1.46. The summed E-state index contributed by atoms with van der Waals surface area (Å²) >= 11 is 1.47. The highest BCUT2D eigenvalue weighted by molar-refractivity contribution is 7.14. The molecule has 5 rings (SSSR count). The van der Waals surface area contributed by atoms with Crippen LogP contribution in [0.3, 0.4) is 0 Å². The lowest BCUT2D eigenvalue weighted by Gasteiger charge is -2.46. The summed E-state index contributed by atoms with van der Waals surface area (Å²) in [6, 6.07) is 4.49. The van der Waals surface area contributed by atoms with Crippen molar-refractivity contribution in [2.75, 3.05) is 26.3 Å². The molecule has 2 bridgehead atoms. The molecule has 3 atom stereocenters. The van der Waals surface area contributed by atoms with Gasteiger partial charge in [-0.25, -0.2) is 19.7 Å². The van der Waals surface area contributed by atoms with E-state index in [-0.39, 0.29) is 29.6 Å². The molecule has 2 aliphatic rings. The van der Waals surface area contributed by atoms with E-state index in [4.69, 9.17) is 14.2 Å². The fourth-order valence-electron chi connectivity index (χ4n) is 5.21. The molecule has 0 saturated carbocycles. The molecule has 0 radical (unpaired) electrons. The van der Waals surface area contributed by atoms with Crippen molar-refractivity contribution in [2.24, 2.45) is 11.8 Å². The molecule has 14 heteroatoms. The van der Waals surface area contributed by atoms with Gasteiger partial charge in [-0.1, -0.05) is 0 Å². The number of fused-ring (bicyclic) bond motifs is 2. The van der Waals surface area contributed by atoms with Crippen LogP contribution in [0, 0.1) is 18.8 Å². The second kappa shape index (κ2) is 12.3. The van der Waals surface area contributed by atoms with Gasteiger partial charge in [0.1, 0.15) is 22.5 Å². The minimum absolute atomic E-state index is 0.113. The SMILES string of the molecule is Cc1cnc(-c2cc(OC3C4COCC3CN(C(=O)OC(C)(C)C)C4)cc(C(=O)N[C@H](C)c3cnc(C(F)(F)F)nc3)c2)s1. The van der Waals surface area contributed by atoms with Crippen LogP contribution in [0.15, 0.2) is 36.8 Å². The number of halogens is 3. The molecule has 4 heterocycles. The number of carbonyl (C=O) groups is 2. The Hall–Kier alpha value is -3.78. The van der Waals surface area contributed by atoms with Crippen molar-refractivity contribution >= 4 is 23.3 Å². The van der Waals surface area contributed by atoms with Gasteiger partial charge in [-0.3, -0.25) is 4.79 Å². The van der Waals surface area contributed by atoms with Crippen LogP contribution in [0.1, 0.15) is 60.4 Å². The largest absolute Gasteiger partial charge is 0.489 e. The van der Waals surface area contributed by atoms with Crippen LogP contribution in [0.25, 0.3) is 10.6 Å². The Kier molecular flexibility index (Phi) is 8.85. The third-order valence-corrected chi connectivity index (χ3v) is 8.20. The Morgan fingerprint density at radius 1 is 1.05 bits per heavy atom. The van der Waals surface area contributed by atoms with Crippen LogP contribution in [-0.4, -0.2) is 69.9 Å².